The van der Waals surface area contributed by atoms with Gasteiger partial charge in [-0.3, -0.25) is 4.79 Å². The number of benzene rings is 2. The van der Waals surface area contributed by atoms with E-state index in [1.165, 1.54) is 0 Å². The van der Waals surface area contributed by atoms with Gasteiger partial charge in [0, 0.05) is 13.0 Å². The van der Waals surface area contributed by atoms with Crippen LogP contribution in [-0.2, 0) is 10.4 Å². The molecule has 0 radical (unpaired) electrons. The lowest BCUT2D eigenvalue weighted by molar-refractivity contribution is -0.481. The predicted octanol–water partition coefficient (Wildman–Crippen LogP) is -0.766. The molecular weight excluding hydrogens is 439 g/mol. The Labute approximate surface area is 173 Å². The Morgan fingerprint density at radius 2 is 1.38 bits per heavy atom. The summed E-state index contributed by atoms with van der Waals surface area (Å²) in [6.07, 6.45) is 2.70. The van der Waals surface area contributed by atoms with Crippen molar-refractivity contribution >= 4 is 5.91 Å². The highest BCUT2D eigenvalue weighted by atomic mass is 127. The third kappa shape index (κ3) is 5.05. The third-order valence-electron chi connectivity index (χ3n) is 5.15. The normalized spacial score (nSPS) is 11.5. The summed E-state index contributed by atoms with van der Waals surface area (Å²) in [7, 11) is 0. The van der Waals surface area contributed by atoms with Gasteiger partial charge >= 0.3 is 0 Å². The molecule has 2 aromatic carbocycles. The Bertz CT molecular complexity index is 633. The molecule has 0 aliphatic heterocycles. The fourth-order valence-electron chi connectivity index (χ4n) is 2.96. The highest BCUT2D eigenvalue weighted by molar-refractivity contribution is 5.90. The van der Waals surface area contributed by atoms with Crippen molar-refractivity contribution in [2.45, 2.75) is 44.2 Å². The van der Waals surface area contributed by atoms with E-state index in [1.54, 1.807) is 24.3 Å². The molecule has 0 aliphatic rings. The lowest BCUT2D eigenvalue weighted by atomic mass is 9.85. The summed E-state index contributed by atoms with van der Waals surface area (Å²) in [6.45, 7) is 4.72. The van der Waals surface area contributed by atoms with Gasteiger partial charge < -0.3 is 40.1 Å². The number of amides is 1. The fourth-order valence-corrected chi connectivity index (χ4v) is 2.96. The molecule has 0 aliphatic carbocycles. The highest BCUT2D eigenvalue weighted by Crippen LogP contribution is 2.29. The molecule has 2 aromatic rings. The second kappa shape index (κ2) is 10.0. The largest absolute Gasteiger partial charge is 1.00 e. The number of quaternary nitrogens is 1. The first-order valence-electron chi connectivity index (χ1n) is 8.93. The van der Waals surface area contributed by atoms with Crippen LogP contribution in [0.25, 0.3) is 0 Å². The van der Waals surface area contributed by atoms with Gasteiger partial charge in [0.15, 0.2) is 5.60 Å². The molecule has 4 nitrogen and oxygen atoms in total. The van der Waals surface area contributed by atoms with Gasteiger partial charge in [-0.1, -0.05) is 74.5 Å². The van der Waals surface area contributed by atoms with Crippen molar-refractivity contribution in [2.75, 3.05) is 6.54 Å². The quantitative estimate of drug-likeness (QED) is 0.446. The lowest BCUT2D eigenvalue weighted by Crippen LogP contribution is -3.00. The number of halogens is 1. The van der Waals surface area contributed by atoms with Crippen molar-refractivity contribution in [1.29, 1.82) is 0 Å². The molecule has 0 saturated carbocycles. The van der Waals surface area contributed by atoms with E-state index in [4.69, 9.17) is 0 Å². The number of aliphatic hydroxyl groups is 1. The summed E-state index contributed by atoms with van der Waals surface area (Å²) in [5.74, 6) is -0.403. The van der Waals surface area contributed by atoms with Crippen molar-refractivity contribution in [3.8, 4) is 0 Å². The monoisotopic (exact) mass is 468 g/mol. The van der Waals surface area contributed by atoms with E-state index < -0.39 is 11.5 Å². The molecule has 0 fully saturated rings. The van der Waals surface area contributed by atoms with Crippen molar-refractivity contribution in [2.24, 2.45) is 0 Å². The number of carbonyl (C=O) groups excluding carboxylic acids is 1. The molecule has 26 heavy (non-hydrogen) atoms. The van der Waals surface area contributed by atoms with Crippen molar-refractivity contribution in [1.82, 2.24) is 5.32 Å². The average molecular weight is 468 g/mol. The van der Waals surface area contributed by atoms with E-state index in [9.17, 15) is 9.90 Å². The van der Waals surface area contributed by atoms with Crippen molar-refractivity contribution in [3.63, 3.8) is 0 Å². The summed E-state index contributed by atoms with van der Waals surface area (Å²) in [5, 5.41) is 14.3. The van der Waals surface area contributed by atoms with Crippen LogP contribution in [0.4, 0.5) is 0 Å². The number of rotatable bonds is 8. The molecule has 5 N–H and O–H groups in total. The minimum Gasteiger partial charge on any atom is -1.00 e. The molecule has 0 heterocycles. The minimum absolute atomic E-state index is 0. The fraction of sp³-hybridized carbons (Fsp3) is 0.381. The van der Waals surface area contributed by atoms with Crippen LogP contribution in [0.2, 0.25) is 0 Å². The predicted molar refractivity (Wildman–Crippen MR) is 99.7 cm³/mol. The molecular formula is C21H29IN2O2. The first-order chi connectivity index (χ1) is 12.0. The minimum atomic E-state index is -1.70. The molecule has 5 heteroatoms. The third-order valence-corrected chi connectivity index (χ3v) is 5.15. The zero-order valence-electron chi connectivity index (χ0n) is 15.5. The number of carbonyl (C=O) groups is 1. The van der Waals surface area contributed by atoms with Gasteiger partial charge in [0.25, 0.3) is 5.91 Å². The van der Waals surface area contributed by atoms with Crippen LogP contribution >= 0.6 is 0 Å². The summed E-state index contributed by atoms with van der Waals surface area (Å²) in [6, 6.07) is 18.1. The maximum Gasteiger partial charge on any atom is 0.261 e. The topological polar surface area (TPSA) is 77.0 Å². The smallest absolute Gasteiger partial charge is 0.261 e. The van der Waals surface area contributed by atoms with Crippen LogP contribution in [0.1, 0.15) is 44.2 Å². The van der Waals surface area contributed by atoms with E-state index >= 15 is 0 Å². The number of hydrogen-bond acceptors (Lipinski definition) is 2. The molecule has 0 atom stereocenters. The van der Waals surface area contributed by atoms with Crippen LogP contribution in [0.5, 0.6) is 0 Å². The molecule has 0 spiro atoms. The Morgan fingerprint density at radius 1 is 0.962 bits per heavy atom. The van der Waals surface area contributed by atoms with E-state index in [0.29, 0.717) is 17.7 Å². The summed E-state index contributed by atoms with van der Waals surface area (Å²) < 4.78 is 0. The van der Waals surface area contributed by atoms with Gasteiger partial charge in [0.05, 0.1) is 5.54 Å². The Morgan fingerprint density at radius 3 is 1.77 bits per heavy atom. The molecule has 2 rings (SSSR count). The standard InChI is InChI=1S/C21H28N2O2.HI/c1-3-20(22,4-2)15-16-23-19(24)21(25,17-11-7-5-8-12-17)18-13-9-6-10-14-18;/h5-14,25H,3-4,15-16,22H2,1-2H3,(H,23,24);1H. The molecule has 0 bridgehead atoms. The van der Waals surface area contributed by atoms with Crippen molar-refractivity contribution in [3.05, 3.63) is 71.8 Å². The number of nitrogens with one attached hydrogen (secondary N) is 1. The maximum absolute atomic E-state index is 12.9. The molecule has 0 saturated heterocycles. The maximum atomic E-state index is 12.9. The Balaban J connectivity index is 0.00000338. The lowest BCUT2D eigenvalue weighted by Gasteiger charge is -2.29. The molecule has 1 amide bonds. The van der Waals surface area contributed by atoms with Gasteiger partial charge in [-0.25, -0.2) is 0 Å². The SMILES string of the molecule is CCC([NH3+])(CC)CCNC(=O)C(O)(c1ccccc1)c1ccccc1.[I-]. The first kappa shape index (κ1) is 22.6. The van der Waals surface area contributed by atoms with E-state index in [-0.39, 0.29) is 29.5 Å². The van der Waals surface area contributed by atoms with E-state index in [2.05, 4.69) is 24.9 Å². The first-order valence-corrected chi connectivity index (χ1v) is 8.93. The number of hydrogen-bond donors (Lipinski definition) is 3. The van der Waals surface area contributed by atoms with Gasteiger partial charge in [-0.05, 0) is 24.0 Å². The second-order valence-electron chi connectivity index (χ2n) is 6.66. The van der Waals surface area contributed by atoms with Crippen molar-refractivity contribution < 1.29 is 39.6 Å². The van der Waals surface area contributed by atoms with Crippen LogP contribution in [0.15, 0.2) is 60.7 Å². The Hall–Kier alpha value is -1.44. The molecule has 142 valence electrons. The van der Waals surface area contributed by atoms with E-state index in [0.717, 1.165) is 19.3 Å². The Kier molecular flexibility index (Phi) is 8.73. The van der Waals surface area contributed by atoms with Gasteiger partial charge in [-0.15, -0.1) is 0 Å². The summed E-state index contributed by atoms with van der Waals surface area (Å²) in [4.78, 5) is 12.9. The van der Waals surface area contributed by atoms with Gasteiger partial charge in [0.1, 0.15) is 0 Å². The van der Waals surface area contributed by atoms with Gasteiger partial charge in [-0.2, -0.15) is 0 Å². The van der Waals surface area contributed by atoms with Crippen LogP contribution < -0.4 is 35.0 Å². The highest BCUT2D eigenvalue weighted by Gasteiger charge is 2.39. The summed E-state index contributed by atoms with van der Waals surface area (Å²) >= 11 is 0. The molecule has 0 aromatic heterocycles. The van der Waals surface area contributed by atoms with Crippen LogP contribution in [0.3, 0.4) is 0 Å². The zero-order chi connectivity index (χ0) is 18.3. The van der Waals surface area contributed by atoms with Crippen LogP contribution in [0, 0.1) is 0 Å². The average Bonchev–Trinajstić information content (AvgIpc) is 2.68. The molecule has 0 unspecified atom stereocenters. The second-order valence-corrected chi connectivity index (χ2v) is 6.66. The van der Waals surface area contributed by atoms with Gasteiger partial charge in [0.2, 0.25) is 0 Å². The van der Waals surface area contributed by atoms with Crippen LogP contribution in [-0.4, -0.2) is 23.1 Å². The summed E-state index contributed by atoms with van der Waals surface area (Å²) in [5.41, 5.74) is 3.65. The van der Waals surface area contributed by atoms with E-state index in [1.807, 2.05) is 36.4 Å². The zero-order valence-corrected chi connectivity index (χ0v) is 17.7.